The number of anilines is 1. The molecule has 0 aliphatic carbocycles. The third-order valence-corrected chi connectivity index (χ3v) is 3.91. The van der Waals surface area contributed by atoms with Gasteiger partial charge in [-0.15, -0.1) is 0 Å². The van der Waals surface area contributed by atoms with Crippen molar-refractivity contribution in [3.05, 3.63) is 29.8 Å². The fraction of sp³-hybridized carbons (Fsp3) is 0.529. The molecule has 0 saturated carbocycles. The molecule has 5 nitrogen and oxygen atoms in total. The van der Waals surface area contributed by atoms with Crippen LogP contribution in [0.15, 0.2) is 24.3 Å². The lowest BCUT2D eigenvalue weighted by Gasteiger charge is -2.11. The molecule has 0 unspecified atom stereocenters. The van der Waals surface area contributed by atoms with E-state index in [-0.39, 0.29) is 12.5 Å². The summed E-state index contributed by atoms with van der Waals surface area (Å²) < 4.78 is 10.2. The first kappa shape index (κ1) is 16.5. The summed E-state index contributed by atoms with van der Waals surface area (Å²) in [5.41, 5.74) is 1.94. The molecule has 1 fully saturated rings. The zero-order valence-electron chi connectivity index (χ0n) is 13.1. The Morgan fingerprint density at radius 3 is 2.68 bits per heavy atom. The monoisotopic (exact) mass is 305 g/mol. The van der Waals surface area contributed by atoms with Gasteiger partial charge < -0.3 is 14.8 Å². The van der Waals surface area contributed by atoms with Gasteiger partial charge in [0.05, 0.1) is 0 Å². The molecule has 1 heterocycles. The van der Waals surface area contributed by atoms with E-state index in [9.17, 15) is 9.59 Å². The first-order valence-electron chi connectivity index (χ1n) is 7.78. The minimum atomic E-state index is -0.511. The number of carbonyl (C=O) groups excluding carboxylic acids is 2. The van der Waals surface area contributed by atoms with Crippen LogP contribution >= 0.6 is 0 Å². The van der Waals surface area contributed by atoms with Gasteiger partial charge in [-0.05, 0) is 42.9 Å². The third kappa shape index (κ3) is 4.56. The summed E-state index contributed by atoms with van der Waals surface area (Å²) in [5, 5.41) is 2.72. The number of benzene rings is 1. The fourth-order valence-electron chi connectivity index (χ4n) is 2.32. The van der Waals surface area contributed by atoms with Crippen molar-refractivity contribution in [2.24, 2.45) is 0 Å². The lowest BCUT2D eigenvalue weighted by molar-refractivity contribution is -0.156. The fourth-order valence-corrected chi connectivity index (χ4v) is 2.32. The predicted octanol–water partition coefficient (Wildman–Crippen LogP) is 2.86. The molecular formula is C17H23NO4. The van der Waals surface area contributed by atoms with Gasteiger partial charge in [-0.3, -0.25) is 4.79 Å². The highest BCUT2D eigenvalue weighted by atomic mass is 16.6. The molecule has 120 valence electrons. The Hall–Kier alpha value is -1.88. The Balaban J connectivity index is 1.77. The Labute approximate surface area is 131 Å². The van der Waals surface area contributed by atoms with E-state index in [1.807, 2.05) is 24.3 Å². The largest absolute Gasteiger partial charge is 0.454 e. The summed E-state index contributed by atoms with van der Waals surface area (Å²) >= 11 is 0. The van der Waals surface area contributed by atoms with E-state index in [0.717, 1.165) is 12.8 Å². The molecular weight excluding hydrogens is 282 g/mol. The van der Waals surface area contributed by atoms with Crippen LogP contribution in [0.1, 0.15) is 44.6 Å². The number of amides is 1. The number of hydrogen-bond donors (Lipinski definition) is 1. The van der Waals surface area contributed by atoms with Gasteiger partial charge in [-0.1, -0.05) is 26.0 Å². The quantitative estimate of drug-likeness (QED) is 0.821. The Morgan fingerprint density at radius 1 is 1.36 bits per heavy atom. The molecule has 2 atom stereocenters. The predicted molar refractivity (Wildman–Crippen MR) is 83.7 cm³/mol. The smallest absolute Gasteiger partial charge is 0.335 e. The average molecular weight is 305 g/mol. The lowest BCUT2D eigenvalue weighted by atomic mass is 9.99. The van der Waals surface area contributed by atoms with Crippen LogP contribution < -0.4 is 5.32 Å². The van der Waals surface area contributed by atoms with Crippen molar-refractivity contribution >= 4 is 17.6 Å². The van der Waals surface area contributed by atoms with E-state index in [2.05, 4.69) is 19.2 Å². The van der Waals surface area contributed by atoms with Crippen LogP contribution in [0, 0.1) is 0 Å². The number of carbonyl (C=O) groups is 2. The minimum absolute atomic E-state index is 0.286. The van der Waals surface area contributed by atoms with Gasteiger partial charge in [-0.25, -0.2) is 4.79 Å². The maximum atomic E-state index is 11.8. The summed E-state index contributed by atoms with van der Waals surface area (Å²) in [7, 11) is 0. The zero-order chi connectivity index (χ0) is 15.9. The molecule has 1 saturated heterocycles. The number of esters is 1. The molecule has 1 aromatic carbocycles. The maximum absolute atomic E-state index is 11.8. The lowest BCUT2D eigenvalue weighted by Crippen LogP contribution is -2.27. The number of rotatable bonds is 6. The van der Waals surface area contributed by atoms with Gasteiger partial charge in [0.15, 0.2) is 12.7 Å². The summed E-state index contributed by atoms with van der Waals surface area (Å²) in [6, 6.07) is 7.73. The maximum Gasteiger partial charge on any atom is 0.335 e. The van der Waals surface area contributed by atoms with Gasteiger partial charge in [0.25, 0.3) is 5.91 Å². The Morgan fingerprint density at radius 2 is 2.09 bits per heavy atom. The van der Waals surface area contributed by atoms with E-state index in [0.29, 0.717) is 24.6 Å². The number of nitrogens with one attached hydrogen (secondary N) is 1. The molecule has 0 radical (unpaired) electrons. The molecule has 0 aromatic heterocycles. The van der Waals surface area contributed by atoms with Crippen molar-refractivity contribution in [1.29, 1.82) is 0 Å². The highest BCUT2D eigenvalue weighted by molar-refractivity contribution is 5.93. The second-order valence-corrected chi connectivity index (χ2v) is 5.59. The van der Waals surface area contributed by atoms with Crippen LogP contribution in [0.5, 0.6) is 0 Å². The van der Waals surface area contributed by atoms with Gasteiger partial charge >= 0.3 is 5.97 Å². The highest BCUT2D eigenvalue weighted by Gasteiger charge is 2.25. The SMILES string of the molecule is CC[C@H](C)c1ccc(NC(=O)COC(=O)[C@H]2CCCO2)cc1. The van der Waals surface area contributed by atoms with E-state index in [4.69, 9.17) is 9.47 Å². The molecule has 1 aromatic rings. The van der Waals surface area contributed by atoms with Crippen molar-refractivity contribution in [2.45, 2.75) is 45.1 Å². The molecule has 2 rings (SSSR count). The molecule has 1 N–H and O–H groups in total. The highest BCUT2D eigenvalue weighted by Crippen LogP contribution is 2.20. The second-order valence-electron chi connectivity index (χ2n) is 5.59. The summed E-state index contributed by atoms with van der Waals surface area (Å²) in [4.78, 5) is 23.4. The Bertz CT molecular complexity index is 506. The van der Waals surface area contributed by atoms with E-state index < -0.39 is 12.1 Å². The van der Waals surface area contributed by atoms with Crippen LogP contribution in [-0.2, 0) is 19.1 Å². The third-order valence-electron chi connectivity index (χ3n) is 3.91. The first-order chi connectivity index (χ1) is 10.6. The first-order valence-corrected chi connectivity index (χ1v) is 7.78. The second kappa shape index (κ2) is 7.94. The topological polar surface area (TPSA) is 64.6 Å². The number of ether oxygens (including phenoxy) is 2. The van der Waals surface area contributed by atoms with E-state index in [1.54, 1.807) is 0 Å². The van der Waals surface area contributed by atoms with Gasteiger partial charge in [0.2, 0.25) is 0 Å². The van der Waals surface area contributed by atoms with Gasteiger partial charge in [-0.2, -0.15) is 0 Å². The van der Waals surface area contributed by atoms with E-state index in [1.165, 1.54) is 5.56 Å². The minimum Gasteiger partial charge on any atom is -0.454 e. The van der Waals surface area contributed by atoms with Crippen molar-refractivity contribution in [3.8, 4) is 0 Å². The van der Waals surface area contributed by atoms with Crippen LogP contribution in [0.4, 0.5) is 5.69 Å². The molecule has 1 amide bonds. The molecule has 0 bridgehead atoms. The van der Waals surface area contributed by atoms with Crippen LogP contribution in [0.2, 0.25) is 0 Å². The van der Waals surface area contributed by atoms with Gasteiger partial charge in [0, 0.05) is 12.3 Å². The van der Waals surface area contributed by atoms with Gasteiger partial charge in [0.1, 0.15) is 0 Å². The van der Waals surface area contributed by atoms with Crippen LogP contribution in [0.3, 0.4) is 0 Å². The summed E-state index contributed by atoms with van der Waals surface area (Å²) in [5.74, 6) is -0.306. The van der Waals surface area contributed by atoms with Crippen molar-refractivity contribution in [2.75, 3.05) is 18.5 Å². The van der Waals surface area contributed by atoms with Crippen molar-refractivity contribution in [1.82, 2.24) is 0 Å². The molecule has 22 heavy (non-hydrogen) atoms. The van der Waals surface area contributed by atoms with Crippen molar-refractivity contribution < 1.29 is 19.1 Å². The van der Waals surface area contributed by atoms with Crippen LogP contribution in [0.25, 0.3) is 0 Å². The van der Waals surface area contributed by atoms with Crippen molar-refractivity contribution in [3.63, 3.8) is 0 Å². The number of hydrogen-bond acceptors (Lipinski definition) is 4. The normalized spacial score (nSPS) is 18.7. The van der Waals surface area contributed by atoms with Crippen LogP contribution in [-0.4, -0.2) is 31.2 Å². The zero-order valence-corrected chi connectivity index (χ0v) is 13.1. The summed E-state index contributed by atoms with van der Waals surface area (Å²) in [6.07, 6.45) is 2.08. The van der Waals surface area contributed by atoms with E-state index >= 15 is 0 Å². The molecule has 1 aliphatic rings. The molecule has 5 heteroatoms. The average Bonchev–Trinajstić information content (AvgIpc) is 3.07. The molecule has 1 aliphatic heterocycles. The standard InChI is InChI=1S/C17H23NO4/c1-3-12(2)13-6-8-14(9-7-13)18-16(19)11-22-17(20)15-5-4-10-21-15/h6-9,12,15H,3-5,10-11H2,1-2H3,(H,18,19)/t12-,15+/m0/s1. The molecule has 0 spiro atoms. The summed E-state index contributed by atoms with van der Waals surface area (Å²) in [6.45, 7) is 4.60. The Kier molecular flexibility index (Phi) is 5.95.